The number of thiazole rings is 1. The molecule has 0 atom stereocenters. The highest BCUT2D eigenvalue weighted by molar-refractivity contribution is 7.13. The minimum atomic E-state index is 0.391. The molecular weight excluding hydrogens is 374 g/mol. The Morgan fingerprint density at radius 3 is 2.38 bits per heavy atom. The van der Waals surface area contributed by atoms with Crippen LogP contribution >= 0.6 is 11.3 Å². The SMILES string of the molecule is CC.CCc1ccccc1Cc1csc(-c2cccc3c2nc(C)n3C(C)C)n1. The lowest BCUT2D eigenvalue weighted by molar-refractivity contribution is 0.600. The van der Waals surface area contributed by atoms with Crippen LogP contribution in [0.2, 0.25) is 0 Å². The van der Waals surface area contributed by atoms with Crippen LogP contribution in [0.15, 0.2) is 47.8 Å². The van der Waals surface area contributed by atoms with Crippen LogP contribution < -0.4 is 0 Å². The van der Waals surface area contributed by atoms with Crippen LogP contribution in [0.25, 0.3) is 21.6 Å². The molecule has 4 aromatic rings. The van der Waals surface area contributed by atoms with Gasteiger partial charge in [-0.25, -0.2) is 9.97 Å². The topological polar surface area (TPSA) is 30.7 Å². The zero-order chi connectivity index (χ0) is 21.0. The molecule has 0 N–H and O–H groups in total. The van der Waals surface area contributed by atoms with Crippen molar-refractivity contribution >= 4 is 22.4 Å². The summed E-state index contributed by atoms with van der Waals surface area (Å²) in [5.41, 5.74) is 7.28. The molecule has 152 valence electrons. The largest absolute Gasteiger partial charge is 0.326 e. The zero-order valence-corrected chi connectivity index (χ0v) is 19.2. The van der Waals surface area contributed by atoms with E-state index < -0.39 is 0 Å². The monoisotopic (exact) mass is 405 g/mol. The lowest BCUT2D eigenvalue weighted by Crippen LogP contribution is -2.02. The number of aromatic nitrogens is 3. The fourth-order valence-corrected chi connectivity index (χ4v) is 4.68. The molecule has 0 radical (unpaired) electrons. The fraction of sp³-hybridized carbons (Fsp3) is 0.360. The molecule has 29 heavy (non-hydrogen) atoms. The van der Waals surface area contributed by atoms with Crippen molar-refractivity contribution in [3.63, 3.8) is 0 Å². The summed E-state index contributed by atoms with van der Waals surface area (Å²) in [6.07, 6.45) is 1.94. The molecule has 0 saturated heterocycles. The van der Waals surface area contributed by atoms with E-state index in [9.17, 15) is 0 Å². The predicted molar refractivity (Wildman–Crippen MR) is 126 cm³/mol. The van der Waals surface area contributed by atoms with E-state index in [2.05, 4.69) is 80.1 Å². The number of hydrogen-bond donors (Lipinski definition) is 0. The van der Waals surface area contributed by atoms with E-state index in [0.29, 0.717) is 6.04 Å². The molecule has 0 aliphatic carbocycles. The van der Waals surface area contributed by atoms with Gasteiger partial charge in [0.2, 0.25) is 0 Å². The van der Waals surface area contributed by atoms with E-state index in [1.807, 2.05) is 13.8 Å². The van der Waals surface area contributed by atoms with Gasteiger partial charge in [-0.05, 0) is 50.5 Å². The van der Waals surface area contributed by atoms with Crippen molar-refractivity contribution in [2.24, 2.45) is 0 Å². The highest BCUT2D eigenvalue weighted by Crippen LogP contribution is 2.32. The normalized spacial score (nSPS) is 11.0. The van der Waals surface area contributed by atoms with Gasteiger partial charge in [0.05, 0.1) is 16.7 Å². The first-order valence-corrected chi connectivity index (χ1v) is 11.5. The zero-order valence-electron chi connectivity index (χ0n) is 18.4. The first kappa shape index (κ1) is 21.3. The lowest BCUT2D eigenvalue weighted by atomic mass is 10.0. The van der Waals surface area contributed by atoms with Gasteiger partial charge in [-0.3, -0.25) is 0 Å². The predicted octanol–water partition coefficient (Wildman–Crippen LogP) is 7.23. The maximum atomic E-state index is 4.95. The maximum absolute atomic E-state index is 4.95. The summed E-state index contributed by atoms with van der Waals surface area (Å²) in [6.45, 7) is 12.7. The third-order valence-electron chi connectivity index (χ3n) is 5.07. The summed E-state index contributed by atoms with van der Waals surface area (Å²) < 4.78 is 2.30. The summed E-state index contributed by atoms with van der Waals surface area (Å²) in [5.74, 6) is 1.06. The number of imidazole rings is 1. The Labute approximate surface area is 178 Å². The molecule has 4 heteroatoms. The summed E-state index contributed by atoms with van der Waals surface area (Å²) in [7, 11) is 0. The minimum absolute atomic E-state index is 0.391. The number of benzene rings is 2. The molecule has 0 fully saturated rings. The van der Waals surface area contributed by atoms with Crippen LogP contribution in [0.4, 0.5) is 0 Å². The van der Waals surface area contributed by atoms with Crippen LogP contribution in [0.1, 0.15) is 63.3 Å². The molecule has 4 rings (SSSR count). The van der Waals surface area contributed by atoms with Crippen molar-refractivity contribution < 1.29 is 0 Å². The summed E-state index contributed by atoms with van der Waals surface area (Å²) in [4.78, 5) is 9.82. The number of aryl methyl sites for hydroxylation is 2. The number of fused-ring (bicyclic) bond motifs is 1. The Morgan fingerprint density at radius 1 is 0.966 bits per heavy atom. The molecule has 2 aromatic heterocycles. The van der Waals surface area contributed by atoms with E-state index in [0.717, 1.165) is 40.4 Å². The molecule has 0 aliphatic heterocycles. The summed E-state index contributed by atoms with van der Waals surface area (Å²) in [5, 5.41) is 3.24. The Bertz CT molecular complexity index is 1090. The van der Waals surface area contributed by atoms with Gasteiger partial charge in [0, 0.05) is 23.4 Å². The van der Waals surface area contributed by atoms with E-state index in [1.54, 1.807) is 11.3 Å². The molecule has 2 aromatic carbocycles. The lowest BCUT2D eigenvalue weighted by Gasteiger charge is -2.10. The van der Waals surface area contributed by atoms with Crippen LogP contribution in [-0.2, 0) is 12.8 Å². The van der Waals surface area contributed by atoms with Crippen molar-refractivity contribution in [3.8, 4) is 10.6 Å². The average Bonchev–Trinajstić information content (AvgIpc) is 3.33. The quantitative estimate of drug-likeness (QED) is 0.351. The van der Waals surface area contributed by atoms with Gasteiger partial charge in [-0.15, -0.1) is 11.3 Å². The van der Waals surface area contributed by atoms with Crippen LogP contribution in [0.3, 0.4) is 0 Å². The number of para-hydroxylation sites is 1. The van der Waals surface area contributed by atoms with Gasteiger partial charge in [-0.2, -0.15) is 0 Å². The molecule has 0 unspecified atom stereocenters. The second kappa shape index (κ2) is 9.36. The number of rotatable bonds is 5. The molecule has 0 saturated carbocycles. The second-order valence-corrected chi connectivity index (χ2v) is 8.10. The summed E-state index contributed by atoms with van der Waals surface area (Å²) >= 11 is 1.71. The highest BCUT2D eigenvalue weighted by atomic mass is 32.1. The maximum Gasteiger partial charge on any atom is 0.125 e. The second-order valence-electron chi connectivity index (χ2n) is 7.24. The molecule has 0 amide bonds. The Hall–Kier alpha value is -2.46. The van der Waals surface area contributed by atoms with Crippen LogP contribution in [0, 0.1) is 6.92 Å². The van der Waals surface area contributed by atoms with Crippen LogP contribution in [-0.4, -0.2) is 14.5 Å². The van der Waals surface area contributed by atoms with Gasteiger partial charge in [0.25, 0.3) is 0 Å². The van der Waals surface area contributed by atoms with Crippen molar-refractivity contribution in [2.45, 2.75) is 60.4 Å². The standard InChI is InChI=1S/C23H25N3S.C2H6/c1-5-17-9-6-7-10-18(17)13-19-14-27-23(25-19)20-11-8-12-21-22(20)24-16(4)26(21)15(2)3;1-2/h6-12,14-15H,5,13H2,1-4H3;1-2H3. The van der Waals surface area contributed by atoms with Crippen molar-refractivity contribution in [1.29, 1.82) is 0 Å². The Kier molecular flexibility index (Phi) is 6.86. The molecule has 3 nitrogen and oxygen atoms in total. The smallest absolute Gasteiger partial charge is 0.125 e. The number of hydrogen-bond acceptors (Lipinski definition) is 3. The van der Waals surface area contributed by atoms with E-state index in [-0.39, 0.29) is 0 Å². The first-order chi connectivity index (χ1) is 14.1. The Morgan fingerprint density at radius 2 is 1.69 bits per heavy atom. The van der Waals surface area contributed by atoms with Crippen molar-refractivity contribution in [1.82, 2.24) is 14.5 Å². The van der Waals surface area contributed by atoms with E-state index in [1.165, 1.54) is 16.6 Å². The third-order valence-corrected chi connectivity index (χ3v) is 5.99. The average molecular weight is 406 g/mol. The molecule has 2 heterocycles. The van der Waals surface area contributed by atoms with E-state index in [4.69, 9.17) is 9.97 Å². The van der Waals surface area contributed by atoms with Crippen molar-refractivity contribution in [3.05, 3.63) is 70.5 Å². The minimum Gasteiger partial charge on any atom is -0.326 e. The fourth-order valence-electron chi connectivity index (χ4n) is 3.84. The van der Waals surface area contributed by atoms with Gasteiger partial charge in [0.15, 0.2) is 0 Å². The van der Waals surface area contributed by atoms with E-state index >= 15 is 0 Å². The van der Waals surface area contributed by atoms with Gasteiger partial charge in [0.1, 0.15) is 10.8 Å². The van der Waals surface area contributed by atoms with Gasteiger partial charge >= 0.3 is 0 Å². The summed E-state index contributed by atoms with van der Waals surface area (Å²) in [6, 6.07) is 15.5. The molecule has 0 bridgehead atoms. The van der Waals surface area contributed by atoms with Crippen LogP contribution in [0.5, 0.6) is 0 Å². The van der Waals surface area contributed by atoms with Gasteiger partial charge < -0.3 is 4.57 Å². The van der Waals surface area contributed by atoms with Crippen molar-refractivity contribution in [2.75, 3.05) is 0 Å². The number of nitrogens with zero attached hydrogens (tertiary/aromatic N) is 3. The van der Waals surface area contributed by atoms with Gasteiger partial charge in [-0.1, -0.05) is 51.1 Å². The first-order valence-electron chi connectivity index (χ1n) is 10.6. The molecule has 0 spiro atoms. The third kappa shape index (κ3) is 4.27. The highest BCUT2D eigenvalue weighted by Gasteiger charge is 2.16. The molecule has 0 aliphatic rings. The Balaban J connectivity index is 0.00000117. The molecular formula is C25H31N3S.